The number of amides is 1. The molecule has 2 aromatic heterocycles. The Bertz CT molecular complexity index is 855. The predicted octanol–water partition coefficient (Wildman–Crippen LogP) is 2.33. The largest absolute Gasteiger partial charge is 0.376 e. The number of aromatic nitrogens is 3. The van der Waals surface area contributed by atoms with Crippen LogP contribution in [0.2, 0.25) is 0 Å². The molecule has 1 amide bonds. The van der Waals surface area contributed by atoms with Gasteiger partial charge < -0.3 is 19.9 Å². The number of ether oxygens (including phenoxy) is 1. The highest BCUT2D eigenvalue weighted by atomic mass is 16.5. The van der Waals surface area contributed by atoms with Gasteiger partial charge in [-0.2, -0.15) is 5.10 Å². The quantitative estimate of drug-likeness (QED) is 0.880. The number of hydrogen-bond donors (Lipinski definition) is 1. The molecule has 0 aromatic carbocycles. The van der Waals surface area contributed by atoms with E-state index in [1.807, 2.05) is 44.3 Å². The summed E-state index contributed by atoms with van der Waals surface area (Å²) in [6.45, 7) is 5.53. The van der Waals surface area contributed by atoms with Crippen molar-refractivity contribution in [3.05, 3.63) is 35.4 Å². The Morgan fingerprint density at radius 3 is 2.82 bits per heavy atom. The molecule has 0 radical (unpaired) electrons. The summed E-state index contributed by atoms with van der Waals surface area (Å²) in [4.78, 5) is 15.6. The summed E-state index contributed by atoms with van der Waals surface area (Å²) in [6.07, 6.45) is 8.76. The summed E-state index contributed by atoms with van der Waals surface area (Å²) >= 11 is 0. The highest BCUT2D eigenvalue weighted by molar-refractivity contribution is 5.96. The van der Waals surface area contributed by atoms with Crippen LogP contribution in [0.25, 0.3) is 5.69 Å². The maximum absolute atomic E-state index is 13.6. The third-order valence-corrected chi connectivity index (χ3v) is 6.21. The second-order valence-electron chi connectivity index (χ2n) is 8.25. The maximum atomic E-state index is 13.6. The molecule has 7 nitrogen and oxygen atoms in total. The molecule has 2 aliphatic heterocycles. The number of rotatable bonds is 3. The van der Waals surface area contributed by atoms with Crippen molar-refractivity contribution in [1.29, 1.82) is 0 Å². The first kappa shape index (κ1) is 19.2. The zero-order valence-corrected chi connectivity index (χ0v) is 17.1. The van der Waals surface area contributed by atoms with Crippen molar-refractivity contribution in [2.75, 3.05) is 13.2 Å². The number of aryl methyl sites for hydroxylation is 2. The Balaban J connectivity index is 1.62. The molecule has 3 unspecified atom stereocenters. The molecule has 0 aliphatic carbocycles. The molecule has 3 atom stereocenters. The zero-order valence-electron chi connectivity index (χ0n) is 17.1. The van der Waals surface area contributed by atoms with E-state index in [9.17, 15) is 4.79 Å². The van der Waals surface area contributed by atoms with Crippen molar-refractivity contribution in [3.8, 4) is 5.69 Å². The molecule has 7 heteroatoms. The molecule has 0 spiro atoms. The number of likely N-dealkylation sites (tertiary alicyclic amines) is 1. The van der Waals surface area contributed by atoms with E-state index in [4.69, 9.17) is 10.5 Å². The smallest absolute Gasteiger partial charge is 0.256 e. The minimum atomic E-state index is 0.0508. The molecule has 152 valence electrons. The summed E-state index contributed by atoms with van der Waals surface area (Å²) in [5.41, 5.74) is 9.93. The van der Waals surface area contributed by atoms with Crippen LogP contribution in [0.3, 0.4) is 0 Å². The minimum absolute atomic E-state index is 0.0508. The molecule has 4 rings (SSSR count). The highest BCUT2D eigenvalue weighted by Crippen LogP contribution is 2.30. The lowest BCUT2D eigenvalue weighted by atomic mass is 9.90. The van der Waals surface area contributed by atoms with Crippen molar-refractivity contribution >= 4 is 5.91 Å². The summed E-state index contributed by atoms with van der Waals surface area (Å²) in [5, 5.41) is 4.27. The Kier molecular flexibility index (Phi) is 5.29. The van der Waals surface area contributed by atoms with Gasteiger partial charge in [0.2, 0.25) is 0 Å². The van der Waals surface area contributed by atoms with Crippen LogP contribution >= 0.6 is 0 Å². The van der Waals surface area contributed by atoms with Gasteiger partial charge in [0.1, 0.15) is 0 Å². The maximum Gasteiger partial charge on any atom is 0.256 e. The number of nitrogens with zero attached hydrogens (tertiary/aromatic N) is 4. The van der Waals surface area contributed by atoms with Crippen LogP contribution in [0.4, 0.5) is 0 Å². The number of hydrogen-bond acceptors (Lipinski definition) is 4. The van der Waals surface area contributed by atoms with E-state index in [0.717, 1.165) is 61.3 Å². The lowest BCUT2D eigenvalue weighted by Gasteiger charge is -2.42. The van der Waals surface area contributed by atoms with Crippen LogP contribution in [-0.2, 0) is 11.8 Å². The fourth-order valence-corrected chi connectivity index (χ4v) is 4.77. The molecule has 2 fully saturated rings. The SMILES string of the molecule is Cc1cc(C(=O)N2CCCCC2C2CC(N)CCO2)c(C)n1-c1cnn(C)c1. The average Bonchev–Trinajstić information content (AvgIpc) is 3.23. The zero-order chi connectivity index (χ0) is 19.8. The Morgan fingerprint density at radius 2 is 2.11 bits per heavy atom. The van der Waals surface area contributed by atoms with E-state index in [1.165, 1.54) is 0 Å². The van der Waals surface area contributed by atoms with Crippen LogP contribution in [0.1, 0.15) is 53.8 Å². The normalized spacial score (nSPS) is 25.9. The van der Waals surface area contributed by atoms with Crippen LogP contribution in [0, 0.1) is 13.8 Å². The number of nitrogens with two attached hydrogens (primary N) is 1. The van der Waals surface area contributed by atoms with Gasteiger partial charge in [0.25, 0.3) is 5.91 Å². The second-order valence-corrected chi connectivity index (χ2v) is 8.25. The molecule has 2 N–H and O–H groups in total. The number of piperidine rings is 1. The first-order chi connectivity index (χ1) is 13.5. The lowest BCUT2D eigenvalue weighted by molar-refractivity contribution is -0.0505. The van der Waals surface area contributed by atoms with Gasteiger partial charge in [-0.25, -0.2) is 0 Å². The summed E-state index contributed by atoms with van der Waals surface area (Å²) in [6, 6.07) is 2.30. The molecule has 2 aromatic rings. The standard InChI is InChI=1S/C21H31N5O2/c1-14-10-18(15(2)26(14)17-12-23-24(3)13-17)21(27)25-8-5-4-6-19(25)20-11-16(22)7-9-28-20/h10,12-13,16,19-20H,4-9,11,22H2,1-3H3. The first-order valence-corrected chi connectivity index (χ1v) is 10.3. The minimum Gasteiger partial charge on any atom is -0.376 e. The molecule has 0 saturated carbocycles. The third kappa shape index (κ3) is 3.49. The lowest BCUT2D eigenvalue weighted by Crippen LogP contribution is -2.53. The van der Waals surface area contributed by atoms with Crippen LogP contribution in [-0.4, -0.2) is 56.5 Å². The van der Waals surface area contributed by atoms with Gasteiger partial charge in [0.15, 0.2) is 0 Å². The van der Waals surface area contributed by atoms with Crippen molar-refractivity contribution in [2.24, 2.45) is 12.8 Å². The fourth-order valence-electron chi connectivity index (χ4n) is 4.77. The summed E-state index contributed by atoms with van der Waals surface area (Å²) < 4.78 is 9.93. The molecule has 2 saturated heterocycles. The highest BCUT2D eigenvalue weighted by Gasteiger charge is 2.37. The monoisotopic (exact) mass is 385 g/mol. The molecule has 4 heterocycles. The van der Waals surface area contributed by atoms with Gasteiger partial charge in [-0.05, 0) is 52.0 Å². The van der Waals surface area contributed by atoms with E-state index in [2.05, 4.69) is 9.67 Å². The van der Waals surface area contributed by atoms with Crippen LogP contribution in [0.15, 0.2) is 18.5 Å². The fraction of sp³-hybridized carbons (Fsp3) is 0.619. The summed E-state index contributed by atoms with van der Waals surface area (Å²) in [7, 11) is 1.90. The van der Waals surface area contributed by atoms with E-state index >= 15 is 0 Å². The van der Waals surface area contributed by atoms with Gasteiger partial charge in [-0.1, -0.05) is 0 Å². The predicted molar refractivity (Wildman–Crippen MR) is 108 cm³/mol. The van der Waals surface area contributed by atoms with Crippen molar-refractivity contribution in [1.82, 2.24) is 19.2 Å². The molecule has 2 aliphatic rings. The van der Waals surface area contributed by atoms with E-state index in [0.29, 0.717) is 6.61 Å². The molecular weight excluding hydrogens is 354 g/mol. The summed E-state index contributed by atoms with van der Waals surface area (Å²) in [5.74, 6) is 0.107. The first-order valence-electron chi connectivity index (χ1n) is 10.3. The van der Waals surface area contributed by atoms with Gasteiger partial charge in [-0.15, -0.1) is 0 Å². The molecule has 28 heavy (non-hydrogen) atoms. The molecular formula is C21H31N5O2. The Morgan fingerprint density at radius 1 is 1.29 bits per heavy atom. The van der Waals surface area contributed by atoms with Crippen molar-refractivity contribution in [3.63, 3.8) is 0 Å². The topological polar surface area (TPSA) is 78.3 Å². The van der Waals surface area contributed by atoms with Gasteiger partial charge >= 0.3 is 0 Å². The van der Waals surface area contributed by atoms with E-state index < -0.39 is 0 Å². The van der Waals surface area contributed by atoms with Crippen molar-refractivity contribution in [2.45, 2.75) is 64.1 Å². The van der Waals surface area contributed by atoms with Crippen LogP contribution in [0.5, 0.6) is 0 Å². The van der Waals surface area contributed by atoms with Gasteiger partial charge in [0, 0.05) is 43.8 Å². The van der Waals surface area contributed by atoms with Crippen molar-refractivity contribution < 1.29 is 9.53 Å². The van der Waals surface area contributed by atoms with Gasteiger partial charge in [-0.3, -0.25) is 9.48 Å². The number of carbonyl (C=O) groups is 1. The van der Waals surface area contributed by atoms with Gasteiger partial charge in [0.05, 0.1) is 29.6 Å². The van der Waals surface area contributed by atoms with E-state index in [-0.39, 0.29) is 24.1 Å². The Hall–Kier alpha value is -2.12. The number of carbonyl (C=O) groups excluding carboxylic acids is 1. The molecule has 0 bridgehead atoms. The van der Waals surface area contributed by atoms with E-state index in [1.54, 1.807) is 4.68 Å². The second kappa shape index (κ2) is 7.72. The Labute approximate surface area is 166 Å². The third-order valence-electron chi connectivity index (χ3n) is 6.21. The average molecular weight is 386 g/mol. The van der Waals surface area contributed by atoms with Crippen LogP contribution < -0.4 is 5.73 Å².